The Morgan fingerprint density at radius 1 is 1.11 bits per heavy atom. The van der Waals surface area contributed by atoms with E-state index in [0.717, 1.165) is 27.7 Å². The zero-order valence-electron chi connectivity index (χ0n) is 16.2. The summed E-state index contributed by atoms with van der Waals surface area (Å²) in [6.45, 7) is 5.75. The summed E-state index contributed by atoms with van der Waals surface area (Å²) in [6, 6.07) is 12.1. The van der Waals surface area contributed by atoms with Gasteiger partial charge in [-0.2, -0.15) is 0 Å². The van der Waals surface area contributed by atoms with E-state index in [9.17, 15) is 4.39 Å². The molecule has 2 aromatic heterocycles. The molecule has 141 valence electrons. The quantitative estimate of drug-likeness (QED) is 0.449. The monoisotopic (exact) mass is 433 g/mol. The summed E-state index contributed by atoms with van der Waals surface area (Å²) < 4.78 is 22.7. The van der Waals surface area contributed by atoms with Crippen molar-refractivity contribution in [2.45, 2.75) is 27.2 Å². The van der Waals surface area contributed by atoms with Crippen molar-refractivity contribution < 1.29 is 7.92 Å². The summed E-state index contributed by atoms with van der Waals surface area (Å²) in [5.41, 5.74) is 5.35. The number of hydrogen-bond donors (Lipinski definition) is 0. The van der Waals surface area contributed by atoms with Crippen LogP contribution in [0.3, 0.4) is 0 Å². The molecule has 0 bridgehead atoms. The van der Waals surface area contributed by atoms with E-state index in [2.05, 4.69) is 38.0 Å². The van der Waals surface area contributed by atoms with Crippen molar-refractivity contribution in [3.63, 3.8) is 0 Å². The van der Waals surface area contributed by atoms with Crippen LogP contribution in [0.1, 0.15) is 22.5 Å². The second kappa shape index (κ2) is 7.48. The summed E-state index contributed by atoms with van der Waals surface area (Å²) in [7, 11) is 0. The average Bonchev–Trinajstić information content (AvgIpc) is 3.22. The van der Waals surface area contributed by atoms with E-state index >= 15 is 0 Å². The predicted octanol–water partition coefficient (Wildman–Crippen LogP) is 3.84. The molecule has 2 aromatic carbocycles. The van der Waals surface area contributed by atoms with Crippen molar-refractivity contribution in [2.24, 2.45) is 0 Å². The van der Waals surface area contributed by atoms with Gasteiger partial charge in [0, 0.05) is 0 Å². The number of imidazole rings is 1. The van der Waals surface area contributed by atoms with Gasteiger partial charge in [-0.25, -0.2) is 0 Å². The normalized spacial score (nSPS) is 11.3. The van der Waals surface area contributed by atoms with Crippen LogP contribution >= 0.6 is 0 Å². The molecule has 28 heavy (non-hydrogen) atoms. The summed E-state index contributed by atoms with van der Waals surface area (Å²) in [5, 5.41) is 5.61. The molecule has 0 saturated heterocycles. The Labute approximate surface area is 173 Å². The fourth-order valence-electron chi connectivity index (χ4n) is 3.82. The zero-order chi connectivity index (χ0) is 19.8. The zero-order valence-corrected chi connectivity index (χ0v) is 19.2. The molecule has 7 heteroatoms. The summed E-state index contributed by atoms with van der Waals surface area (Å²) >= 11 is 0.643. The van der Waals surface area contributed by atoms with Gasteiger partial charge in [0.2, 0.25) is 0 Å². The molecule has 0 N–H and O–H groups in total. The number of nitrogens with zero attached hydrogens (tertiary/aromatic N) is 4. The molecule has 0 spiro atoms. The van der Waals surface area contributed by atoms with Crippen molar-refractivity contribution in [3.8, 4) is 17.4 Å². The molecular formula is C21H21FGaN4O. The van der Waals surface area contributed by atoms with E-state index in [-0.39, 0.29) is 6.42 Å². The van der Waals surface area contributed by atoms with Gasteiger partial charge in [-0.3, -0.25) is 0 Å². The van der Waals surface area contributed by atoms with Crippen LogP contribution in [0.25, 0.3) is 22.4 Å². The van der Waals surface area contributed by atoms with E-state index in [1.807, 2.05) is 35.0 Å². The maximum atomic E-state index is 13.3. The van der Waals surface area contributed by atoms with E-state index < -0.39 is 6.67 Å². The van der Waals surface area contributed by atoms with Crippen molar-refractivity contribution in [1.29, 1.82) is 0 Å². The van der Waals surface area contributed by atoms with E-state index in [1.54, 1.807) is 4.68 Å². The van der Waals surface area contributed by atoms with Crippen molar-refractivity contribution in [2.75, 3.05) is 6.67 Å². The SMILES string of the molecule is Cc1cc(C)c(-n2cc(-n3nc4ccccc4c3[O][GaH])nc2CCF)c(C)c1. The Bertz CT molecular complexity index is 1140. The van der Waals surface area contributed by atoms with Gasteiger partial charge in [-0.05, 0) is 0 Å². The van der Waals surface area contributed by atoms with Gasteiger partial charge in [0.05, 0.1) is 0 Å². The number of aromatic nitrogens is 4. The number of alkyl halides is 1. The second-order valence-corrected chi connectivity index (χ2v) is 7.56. The molecule has 0 aliphatic heterocycles. The summed E-state index contributed by atoms with van der Waals surface area (Å²) in [4.78, 5) is 4.71. The van der Waals surface area contributed by atoms with Gasteiger partial charge >= 0.3 is 173 Å². The van der Waals surface area contributed by atoms with Crippen LogP contribution < -0.4 is 3.53 Å². The fourth-order valence-corrected chi connectivity index (χ4v) is 4.40. The van der Waals surface area contributed by atoms with E-state index in [4.69, 9.17) is 8.51 Å². The van der Waals surface area contributed by atoms with Crippen LogP contribution in [0.2, 0.25) is 0 Å². The topological polar surface area (TPSA) is 44.9 Å². The molecule has 1 radical (unpaired) electrons. The van der Waals surface area contributed by atoms with Crippen LogP contribution in [0, 0.1) is 20.8 Å². The van der Waals surface area contributed by atoms with Gasteiger partial charge in [-0.1, -0.05) is 0 Å². The Hall–Kier alpha value is -2.51. The third-order valence-corrected chi connectivity index (χ3v) is 5.42. The first kappa shape index (κ1) is 18.8. The molecule has 0 amide bonds. The molecule has 2 heterocycles. The average molecular weight is 434 g/mol. The van der Waals surface area contributed by atoms with Crippen molar-refractivity contribution in [3.05, 3.63) is 65.1 Å². The number of halogens is 1. The Kier molecular flexibility index (Phi) is 5.03. The first-order chi connectivity index (χ1) is 13.5. The maximum absolute atomic E-state index is 13.3. The molecule has 0 aliphatic rings. The first-order valence-corrected chi connectivity index (χ1v) is 10.4. The first-order valence-electron chi connectivity index (χ1n) is 9.16. The third-order valence-electron chi connectivity index (χ3n) is 4.85. The van der Waals surface area contributed by atoms with Crippen LogP contribution in [-0.4, -0.2) is 45.0 Å². The Morgan fingerprint density at radius 3 is 2.50 bits per heavy atom. The number of aryl methyl sites for hydroxylation is 4. The Balaban J connectivity index is 1.94. The van der Waals surface area contributed by atoms with Crippen LogP contribution in [0.15, 0.2) is 42.6 Å². The molecule has 4 rings (SSSR count). The van der Waals surface area contributed by atoms with E-state index in [0.29, 0.717) is 36.5 Å². The third kappa shape index (κ3) is 3.14. The molecule has 0 aliphatic carbocycles. The van der Waals surface area contributed by atoms with Crippen LogP contribution in [0.4, 0.5) is 4.39 Å². The van der Waals surface area contributed by atoms with Gasteiger partial charge < -0.3 is 0 Å². The summed E-state index contributed by atoms with van der Waals surface area (Å²) in [5.74, 6) is 1.97. The molecule has 0 atom stereocenters. The minimum atomic E-state index is -0.467. The molecule has 0 saturated carbocycles. The second-order valence-electron chi connectivity index (χ2n) is 6.95. The molecular weight excluding hydrogens is 413 g/mol. The fraction of sp³-hybridized carbons (Fsp3) is 0.238. The van der Waals surface area contributed by atoms with Crippen LogP contribution in [-0.2, 0) is 6.42 Å². The molecule has 5 nitrogen and oxygen atoms in total. The van der Waals surface area contributed by atoms with Crippen LogP contribution in [0.5, 0.6) is 5.88 Å². The van der Waals surface area contributed by atoms with Gasteiger partial charge in [0.15, 0.2) is 0 Å². The van der Waals surface area contributed by atoms with Gasteiger partial charge in [-0.15, -0.1) is 0 Å². The van der Waals surface area contributed by atoms with Gasteiger partial charge in [0.25, 0.3) is 0 Å². The van der Waals surface area contributed by atoms with Gasteiger partial charge in [0.1, 0.15) is 0 Å². The molecule has 4 aromatic rings. The molecule has 0 fully saturated rings. The number of hydrogen-bond acceptors (Lipinski definition) is 3. The number of benzene rings is 2. The van der Waals surface area contributed by atoms with E-state index in [1.165, 1.54) is 5.56 Å². The molecule has 0 unspecified atom stereocenters. The summed E-state index contributed by atoms with van der Waals surface area (Å²) in [6.07, 6.45) is 2.16. The minimum absolute atomic E-state index is 0.240. The standard InChI is InChI=1S/C21H21FN4O.Ga.H/c1-13-10-14(2)20(15(3)11-13)25-12-19(23-18(25)8-9-22)26-21(27)16-6-4-5-7-17(16)24-26;;/h4-7,10-12,27H,8-9H2,1-3H3;;/q;+1;/p-1. The predicted molar refractivity (Wildman–Crippen MR) is 110 cm³/mol. The van der Waals surface area contributed by atoms with Crippen molar-refractivity contribution >= 4 is 29.9 Å². The van der Waals surface area contributed by atoms with Crippen molar-refractivity contribution in [1.82, 2.24) is 19.3 Å². The number of fused-ring (bicyclic) bond motifs is 1. The number of rotatable bonds is 5. The Morgan fingerprint density at radius 2 is 1.82 bits per heavy atom.